The minimum Gasteiger partial charge on any atom is -0.444 e. The summed E-state index contributed by atoms with van der Waals surface area (Å²) in [5, 5.41) is 0. The molecule has 0 atom stereocenters. The van der Waals surface area contributed by atoms with Gasteiger partial charge in [-0.3, -0.25) is 4.90 Å². The van der Waals surface area contributed by atoms with Crippen LogP contribution in [0.4, 0.5) is 4.79 Å². The molecule has 5 nitrogen and oxygen atoms in total. The van der Waals surface area contributed by atoms with Crippen molar-refractivity contribution >= 4 is 6.09 Å². The lowest BCUT2D eigenvalue weighted by atomic mass is 9.87. The molecule has 2 aromatic rings. The zero-order valence-electron chi connectivity index (χ0n) is 23.4. The van der Waals surface area contributed by atoms with E-state index < -0.39 is 5.60 Å². The maximum Gasteiger partial charge on any atom is 0.410 e. The Hall–Kier alpha value is -2.37. The minimum atomic E-state index is -0.426. The van der Waals surface area contributed by atoms with E-state index in [1.165, 1.54) is 36.8 Å². The number of hydrogen-bond acceptors (Lipinski definition) is 4. The highest BCUT2D eigenvalue weighted by molar-refractivity contribution is 5.68. The first-order valence-electron chi connectivity index (χ1n) is 14.3. The van der Waals surface area contributed by atoms with Gasteiger partial charge in [-0.15, -0.1) is 0 Å². The largest absolute Gasteiger partial charge is 0.444 e. The molecule has 1 aliphatic carbocycles. The van der Waals surface area contributed by atoms with Crippen molar-refractivity contribution in [1.82, 2.24) is 14.7 Å². The van der Waals surface area contributed by atoms with E-state index >= 15 is 0 Å². The molecule has 1 heterocycles. The number of hydrogen-bond donors (Lipinski definition) is 0. The zero-order chi connectivity index (χ0) is 26.3. The van der Waals surface area contributed by atoms with Crippen molar-refractivity contribution in [2.24, 2.45) is 5.92 Å². The molecule has 0 spiro atoms. The van der Waals surface area contributed by atoms with E-state index in [2.05, 4.69) is 77.5 Å². The van der Waals surface area contributed by atoms with Gasteiger partial charge in [0.1, 0.15) is 5.60 Å². The second-order valence-corrected chi connectivity index (χ2v) is 12.2. The van der Waals surface area contributed by atoms with Crippen molar-refractivity contribution in [2.75, 3.05) is 26.7 Å². The summed E-state index contributed by atoms with van der Waals surface area (Å²) >= 11 is 0. The number of likely N-dealkylation sites (tertiary alicyclic amines) is 1. The van der Waals surface area contributed by atoms with E-state index in [1.54, 1.807) is 0 Å². The standard InChI is InChI=1S/C32H47N3O2/c1-32(2,3)37-31(36)34-21-19-28(20-22-34)23-33(4)29-15-17-30(18-16-29)35(24-26-11-7-5-8-12-26)25-27-13-9-6-10-14-27/h5-14,28-30H,15-25H2,1-4H3. The van der Waals surface area contributed by atoms with Gasteiger partial charge in [0.25, 0.3) is 0 Å². The van der Waals surface area contributed by atoms with Gasteiger partial charge >= 0.3 is 6.09 Å². The van der Waals surface area contributed by atoms with E-state index in [0.29, 0.717) is 18.0 Å². The van der Waals surface area contributed by atoms with Crippen LogP contribution in [0.3, 0.4) is 0 Å². The molecule has 0 bridgehead atoms. The summed E-state index contributed by atoms with van der Waals surface area (Å²) < 4.78 is 5.57. The van der Waals surface area contributed by atoms with Crippen LogP contribution in [0.25, 0.3) is 0 Å². The first kappa shape index (κ1) is 27.7. The van der Waals surface area contributed by atoms with Crippen molar-refractivity contribution < 1.29 is 9.53 Å². The van der Waals surface area contributed by atoms with Gasteiger partial charge in [-0.1, -0.05) is 60.7 Å². The Morgan fingerprint density at radius 1 is 0.811 bits per heavy atom. The first-order valence-corrected chi connectivity index (χ1v) is 14.3. The van der Waals surface area contributed by atoms with Crippen molar-refractivity contribution in [1.29, 1.82) is 0 Å². The van der Waals surface area contributed by atoms with Crippen molar-refractivity contribution in [2.45, 2.75) is 90.1 Å². The lowest BCUT2D eigenvalue weighted by molar-refractivity contribution is 0.0159. The molecule has 4 rings (SSSR count). The van der Waals surface area contributed by atoms with Gasteiger partial charge in [0.15, 0.2) is 0 Å². The van der Waals surface area contributed by atoms with Crippen LogP contribution in [0.15, 0.2) is 60.7 Å². The molecule has 37 heavy (non-hydrogen) atoms. The topological polar surface area (TPSA) is 36.0 Å². The van der Waals surface area contributed by atoms with Gasteiger partial charge in [0.2, 0.25) is 0 Å². The quantitative estimate of drug-likeness (QED) is 0.406. The third-order valence-electron chi connectivity index (χ3n) is 8.08. The fraction of sp³-hybridized carbons (Fsp3) is 0.594. The number of benzene rings is 2. The third kappa shape index (κ3) is 8.58. The summed E-state index contributed by atoms with van der Waals surface area (Å²) in [6, 6.07) is 23.1. The molecule has 0 radical (unpaired) electrons. The van der Waals surface area contributed by atoms with Gasteiger partial charge in [-0.25, -0.2) is 4.79 Å². The Labute approximate surface area is 224 Å². The Morgan fingerprint density at radius 2 is 1.30 bits per heavy atom. The van der Waals surface area contributed by atoms with Crippen molar-refractivity contribution in [3.05, 3.63) is 71.8 Å². The van der Waals surface area contributed by atoms with Crippen molar-refractivity contribution in [3.8, 4) is 0 Å². The lowest BCUT2D eigenvalue weighted by Crippen LogP contribution is -2.46. The van der Waals surface area contributed by atoms with Crippen LogP contribution in [0, 0.1) is 5.92 Å². The normalized spacial score (nSPS) is 21.4. The summed E-state index contributed by atoms with van der Waals surface area (Å²) in [6.07, 6.45) is 7.02. The molecule has 0 unspecified atom stereocenters. The van der Waals surface area contributed by atoms with Gasteiger partial charge in [0.05, 0.1) is 0 Å². The highest BCUT2D eigenvalue weighted by Crippen LogP contribution is 2.30. The molecule has 0 aromatic heterocycles. The summed E-state index contributed by atoms with van der Waals surface area (Å²) in [7, 11) is 2.32. The fourth-order valence-corrected chi connectivity index (χ4v) is 6.00. The van der Waals surface area contributed by atoms with Crippen LogP contribution in [-0.4, -0.2) is 65.2 Å². The van der Waals surface area contributed by atoms with Crippen LogP contribution < -0.4 is 0 Å². The molecular weight excluding hydrogens is 458 g/mol. The molecular formula is C32H47N3O2. The van der Waals surface area contributed by atoms with E-state index in [4.69, 9.17) is 4.74 Å². The van der Waals surface area contributed by atoms with Gasteiger partial charge in [-0.2, -0.15) is 0 Å². The predicted octanol–water partition coefficient (Wildman–Crippen LogP) is 6.58. The predicted molar refractivity (Wildman–Crippen MR) is 151 cm³/mol. The van der Waals surface area contributed by atoms with E-state index in [1.807, 2.05) is 25.7 Å². The summed E-state index contributed by atoms with van der Waals surface area (Å²) in [6.45, 7) is 10.6. The molecule has 1 saturated heterocycles. The van der Waals surface area contributed by atoms with Crippen molar-refractivity contribution in [3.63, 3.8) is 0 Å². The third-order valence-corrected chi connectivity index (χ3v) is 8.08. The highest BCUT2D eigenvalue weighted by atomic mass is 16.6. The van der Waals surface area contributed by atoms with Gasteiger partial charge in [-0.05, 0) is 83.4 Å². The monoisotopic (exact) mass is 505 g/mol. The Balaban J connectivity index is 1.26. The molecule has 5 heteroatoms. The number of piperidine rings is 1. The fourth-order valence-electron chi connectivity index (χ4n) is 6.00. The number of ether oxygens (including phenoxy) is 1. The molecule has 1 saturated carbocycles. The molecule has 1 aliphatic heterocycles. The van der Waals surface area contributed by atoms with Gasteiger partial charge < -0.3 is 14.5 Å². The van der Waals surface area contributed by atoms with E-state index in [0.717, 1.165) is 45.6 Å². The highest BCUT2D eigenvalue weighted by Gasteiger charge is 2.31. The maximum absolute atomic E-state index is 12.4. The average Bonchev–Trinajstić information content (AvgIpc) is 2.89. The Kier molecular flexibility index (Phi) is 9.66. The summed E-state index contributed by atoms with van der Waals surface area (Å²) in [5.41, 5.74) is 2.37. The van der Waals surface area contributed by atoms with E-state index in [-0.39, 0.29) is 6.09 Å². The Bertz CT molecular complexity index is 902. The van der Waals surface area contributed by atoms with Gasteiger partial charge in [0, 0.05) is 44.8 Å². The lowest BCUT2D eigenvalue weighted by Gasteiger charge is -2.41. The number of carbonyl (C=O) groups is 1. The van der Waals surface area contributed by atoms with Crippen LogP contribution in [0.2, 0.25) is 0 Å². The van der Waals surface area contributed by atoms with E-state index in [9.17, 15) is 4.79 Å². The van der Waals surface area contributed by atoms with Crippen LogP contribution in [-0.2, 0) is 17.8 Å². The number of amides is 1. The molecule has 2 aromatic carbocycles. The second-order valence-electron chi connectivity index (χ2n) is 12.2. The minimum absolute atomic E-state index is 0.159. The molecule has 202 valence electrons. The average molecular weight is 506 g/mol. The smallest absolute Gasteiger partial charge is 0.410 e. The Morgan fingerprint density at radius 3 is 1.78 bits per heavy atom. The molecule has 1 amide bonds. The first-order chi connectivity index (χ1) is 17.8. The number of carbonyl (C=O) groups excluding carboxylic acids is 1. The maximum atomic E-state index is 12.4. The second kappa shape index (κ2) is 12.9. The zero-order valence-corrected chi connectivity index (χ0v) is 23.4. The van der Waals surface area contributed by atoms with Crippen LogP contribution >= 0.6 is 0 Å². The molecule has 2 aliphatic rings. The molecule has 2 fully saturated rings. The SMILES string of the molecule is CN(CC1CCN(C(=O)OC(C)(C)C)CC1)C1CCC(N(Cc2ccccc2)Cc2ccccc2)CC1. The number of rotatable bonds is 8. The number of nitrogens with zero attached hydrogens (tertiary/aromatic N) is 3. The van der Waals surface area contributed by atoms with Crippen LogP contribution in [0.5, 0.6) is 0 Å². The summed E-state index contributed by atoms with van der Waals surface area (Å²) in [4.78, 5) is 19.6. The van der Waals surface area contributed by atoms with Crippen LogP contribution in [0.1, 0.15) is 70.4 Å². The molecule has 0 N–H and O–H groups in total. The summed E-state index contributed by atoms with van der Waals surface area (Å²) in [5.74, 6) is 0.661.